The van der Waals surface area contributed by atoms with E-state index >= 15 is 0 Å². The molecule has 0 bridgehead atoms. The Morgan fingerprint density at radius 3 is 1.00 bits per heavy atom. The Bertz CT molecular complexity index is 15.5. The molecule has 0 aromatic rings. The van der Waals surface area contributed by atoms with Crippen molar-refractivity contribution in [3.63, 3.8) is 0 Å². The maximum Gasteiger partial charge on any atom is 0 e. The molecule has 46 valence electrons. The van der Waals surface area contributed by atoms with Gasteiger partial charge in [-0.2, -0.15) is 13.5 Å². The van der Waals surface area contributed by atoms with E-state index in [2.05, 4.69) is 0 Å². The third-order valence-corrected chi connectivity index (χ3v) is 0. The quantitative estimate of drug-likeness (QED) is 0.356. The van der Waals surface area contributed by atoms with Crippen LogP contribution in [0.15, 0.2) is 0 Å². The number of hydrogen-bond acceptors (Lipinski definition) is 0. The van der Waals surface area contributed by atoms with Gasteiger partial charge in [0.25, 0.3) is 0 Å². The molecular weight excluding hydrogens is 532 g/mol. The fraction of sp³-hybridized carbons (Fsp3) is 0. The van der Waals surface area contributed by atoms with E-state index < -0.39 is 0 Å². The molecule has 0 rings (SSSR count). The first-order chi connectivity index (χ1) is 0. The summed E-state index contributed by atoms with van der Waals surface area (Å²) in [4.78, 5) is 0. The molecule has 0 aromatic heterocycles. The Morgan fingerprint density at radius 2 is 1.00 bits per heavy atom. The van der Waals surface area contributed by atoms with E-state index in [1.54, 1.807) is 0 Å². The van der Waals surface area contributed by atoms with Crippen molar-refractivity contribution in [2.45, 2.75) is 0 Å². The maximum atomic E-state index is 0. The van der Waals surface area contributed by atoms with Crippen molar-refractivity contribution in [1.82, 2.24) is 0 Å². The standard InChI is InChI=1S/Ag.Cu.Fe.Pb.H2S.Zn.2H/h;;;;1H2;;;. The first-order valence-corrected chi connectivity index (χ1v) is 0. The third-order valence-electron chi connectivity index (χ3n) is 0. The Morgan fingerprint density at radius 1 is 1.00 bits per heavy atom. The van der Waals surface area contributed by atoms with Crippen LogP contribution in [0.25, 0.3) is 0 Å². The van der Waals surface area contributed by atoms with Crippen molar-refractivity contribution in [2.24, 2.45) is 0 Å². The van der Waals surface area contributed by atoms with Gasteiger partial charge in [0.1, 0.15) is 0 Å². The van der Waals surface area contributed by atoms with Gasteiger partial charge in [-0.25, -0.2) is 0 Å². The van der Waals surface area contributed by atoms with Crippen molar-refractivity contribution in [3.8, 4) is 0 Å². The fourth-order valence-corrected chi connectivity index (χ4v) is 0. The Kier molecular flexibility index (Phi) is 340. The summed E-state index contributed by atoms with van der Waals surface area (Å²) in [7, 11) is 0. The zero-order valence-corrected chi connectivity index (χ0v) is 15.9. The minimum absolute atomic E-state index is 0. The SMILES string of the molecule is S.[Ag].[Cu].[Fe].[PbH2].[Zn]. The zero-order valence-electron chi connectivity index (χ0n) is 2.87. The average molecular weight is 536 g/mol. The van der Waals surface area contributed by atoms with E-state index in [9.17, 15) is 0 Å². The van der Waals surface area contributed by atoms with Crippen molar-refractivity contribution in [3.05, 3.63) is 0 Å². The van der Waals surface area contributed by atoms with Crippen LogP contribution in [0.2, 0.25) is 0 Å². The van der Waals surface area contributed by atoms with Crippen LogP contribution in [0.3, 0.4) is 0 Å². The van der Waals surface area contributed by atoms with Crippen molar-refractivity contribution in [1.29, 1.82) is 0 Å². The predicted octanol–water partition coefficient (Wildman–Crippen LogP) is -0.813. The molecule has 0 spiro atoms. The molecule has 0 atom stereocenters. The molecule has 0 nitrogen and oxygen atoms in total. The first-order valence-electron chi connectivity index (χ1n) is 0. The second kappa shape index (κ2) is 37.8. The summed E-state index contributed by atoms with van der Waals surface area (Å²) >= 11 is 0. The molecule has 0 saturated heterocycles. The molecule has 0 aliphatic carbocycles. The largest absolute Gasteiger partial charge is 0 e. The van der Waals surface area contributed by atoms with Crippen LogP contribution in [0.5, 0.6) is 0 Å². The Balaban J connectivity index is 0. The smallest absolute Gasteiger partial charge is 0 e. The molecule has 0 aliphatic heterocycles. The van der Waals surface area contributed by atoms with Gasteiger partial charge in [0.05, 0.1) is 0 Å². The summed E-state index contributed by atoms with van der Waals surface area (Å²) in [6.07, 6.45) is 0. The minimum Gasteiger partial charge on any atom is 0 e. The Hall–Kier alpha value is 3.67. The summed E-state index contributed by atoms with van der Waals surface area (Å²) in [5, 5.41) is 0. The van der Waals surface area contributed by atoms with E-state index in [-0.39, 0.29) is 117 Å². The van der Waals surface area contributed by atoms with Crippen LogP contribution in [-0.4, -0.2) is 27.3 Å². The van der Waals surface area contributed by atoms with E-state index in [0.717, 1.165) is 0 Å². The van der Waals surface area contributed by atoms with Gasteiger partial charge in [0.2, 0.25) is 0 Å². The molecule has 0 fully saturated rings. The molecule has 6 heteroatoms. The maximum absolute atomic E-state index is 0. The monoisotopic (exact) mass is 534 g/mol. The van der Waals surface area contributed by atoms with Gasteiger partial charge in [-0.1, -0.05) is 0 Å². The van der Waals surface area contributed by atoms with Gasteiger partial charge in [-0.15, -0.1) is 0 Å². The van der Waals surface area contributed by atoms with E-state index in [1.165, 1.54) is 0 Å². The molecule has 0 saturated carbocycles. The normalized spacial score (nSPS) is 0. The topological polar surface area (TPSA) is 0 Å². The van der Waals surface area contributed by atoms with Crippen molar-refractivity contribution in [2.75, 3.05) is 0 Å². The van der Waals surface area contributed by atoms with Gasteiger partial charge >= 0.3 is 27.3 Å². The van der Waals surface area contributed by atoms with Gasteiger partial charge in [-0.3, -0.25) is 0 Å². The molecule has 0 aliphatic rings. The molecule has 4 radical (unpaired) electrons. The minimum atomic E-state index is 0. The van der Waals surface area contributed by atoms with E-state index in [1.807, 2.05) is 0 Å². The van der Waals surface area contributed by atoms with Crippen LogP contribution in [0, 0.1) is 0 Å². The van der Waals surface area contributed by atoms with Crippen molar-refractivity contribution >= 4 is 40.8 Å². The second-order valence-electron chi connectivity index (χ2n) is 0. The average Bonchev–Trinajstić information content (AvgIpc) is 0. The molecule has 6 heavy (non-hydrogen) atoms. The predicted molar refractivity (Wildman–Crippen MR) is 18.9 cm³/mol. The van der Waals surface area contributed by atoms with Crippen molar-refractivity contribution < 1.29 is 76.0 Å². The summed E-state index contributed by atoms with van der Waals surface area (Å²) in [5.41, 5.74) is 0. The summed E-state index contributed by atoms with van der Waals surface area (Å²) in [6, 6.07) is 0. The summed E-state index contributed by atoms with van der Waals surface area (Å²) in [5.74, 6) is 0. The molecule has 0 heterocycles. The molecule has 0 N–H and O–H groups in total. The fourth-order valence-electron chi connectivity index (χ4n) is 0. The number of hydrogen-bond donors (Lipinski definition) is 0. The zero-order chi connectivity index (χ0) is 0. The second-order valence-corrected chi connectivity index (χ2v) is 0. The van der Waals surface area contributed by atoms with Crippen LogP contribution >= 0.6 is 13.5 Å². The third kappa shape index (κ3) is 25.3. The van der Waals surface area contributed by atoms with Crippen LogP contribution < -0.4 is 0 Å². The van der Waals surface area contributed by atoms with Gasteiger partial charge in [-0.05, 0) is 0 Å². The molecule has 0 amide bonds. The number of rotatable bonds is 0. The van der Waals surface area contributed by atoms with Crippen LogP contribution in [0.4, 0.5) is 0 Å². The Labute approximate surface area is 115 Å². The summed E-state index contributed by atoms with van der Waals surface area (Å²) < 4.78 is 0. The van der Waals surface area contributed by atoms with Gasteiger partial charge < -0.3 is 0 Å². The van der Waals surface area contributed by atoms with Crippen LogP contribution in [0.1, 0.15) is 0 Å². The molecular formula is H4AgCuFePbSZn. The summed E-state index contributed by atoms with van der Waals surface area (Å²) in [6.45, 7) is 0. The molecule has 0 unspecified atom stereocenters. The van der Waals surface area contributed by atoms with Gasteiger partial charge in [0.15, 0.2) is 0 Å². The van der Waals surface area contributed by atoms with Crippen LogP contribution in [-0.2, 0) is 76.0 Å². The van der Waals surface area contributed by atoms with E-state index in [0.29, 0.717) is 0 Å². The van der Waals surface area contributed by atoms with E-state index in [4.69, 9.17) is 0 Å². The van der Waals surface area contributed by atoms with Gasteiger partial charge in [0, 0.05) is 76.0 Å². The molecule has 0 aromatic carbocycles. The first kappa shape index (κ1) is 53.9.